The van der Waals surface area contributed by atoms with E-state index in [9.17, 15) is 0 Å². The molecule has 1 N–H and O–H groups in total. The van der Waals surface area contributed by atoms with E-state index in [1.807, 2.05) is 19.1 Å². The molecule has 0 amide bonds. The highest BCUT2D eigenvalue weighted by Crippen LogP contribution is 2.35. The topological polar surface area (TPSA) is 36.2 Å². The number of rotatable bonds is 4. The molecule has 0 aromatic carbocycles. The molecule has 0 fully saturated rings. The molecule has 0 aromatic rings. The van der Waals surface area contributed by atoms with Gasteiger partial charge in [0.2, 0.25) is 0 Å². The molecule has 1 aliphatic rings. The van der Waals surface area contributed by atoms with E-state index in [0.29, 0.717) is 17.8 Å². The van der Waals surface area contributed by atoms with E-state index in [-0.39, 0.29) is 12.0 Å². The normalized spacial score (nSPS) is 31.0. The molecule has 96 valence electrons. The highest BCUT2D eigenvalue weighted by molar-refractivity contribution is 6.01. The van der Waals surface area contributed by atoms with E-state index >= 15 is 0 Å². The summed E-state index contributed by atoms with van der Waals surface area (Å²) in [6, 6.07) is 0.286. The number of hydrogen-bond acceptors (Lipinski definition) is 2. The molecule has 2 heteroatoms. The van der Waals surface area contributed by atoms with E-state index in [2.05, 4.69) is 34.6 Å². The summed E-state index contributed by atoms with van der Waals surface area (Å²) in [6.45, 7) is 13.0. The van der Waals surface area contributed by atoms with Crippen LogP contribution in [0.3, 0.4) is 0 Å². The van der Waals surface area contributed by atoms with Gasteiger partial charge >= 0.3 is 0 Å². The van der Waals surface area contributed by atoms with Gasteiger partial charge in [-0.2, -0.15) is 0 Å². The second-order valence-corrected chi connectivity index (χ2v) is 5.63. The van der Waals surface area contributed by atoms with Gasteiger partial charge in [0.25, 0.3) is 0 Å². The van der Waals surface area contributed by atoms with Crippen molar-refractivity contribution < 1.29 is 0 Å². The lowest BCUT2D eigenvalue weighted by atomic mass is 9.76. The SMILES string of the molecule is CC=CC(=N)C1C(C)C(C)=NC1C(C)C(C)C. The zero-order valence-corrected chi connectivity index (χ0v) is 12.0. The van der Waals surface area contributed by atoms with Gasteiger partial charge in [-0.05, 0) is 31.8 Å². The van der Waals surface area contributed by atoms with Crippen molar-refractivity contribution in [3.05, 3.63) is 12.2 Å². The lowest BCUT2D eigenvalue weighted by molar-refractivity contribution is 0.305. The zero-order valence-electron chi connectivity index (χ0n) is 12.0. The first kappa shape index (κ1) is 14.1. The number of nitrogens with zero attached hydrogens (tertiary/aromatic N) is 1. The van der Waals surface area contributed by atoms with E-state index in [1.54, 1.807) is 0 Å². The number of allylic oxidation sites excluding steroid dienone is 2. The molecular formula is C15H26N2. The average Bonchev–Trinajstić information content (AvgIpc) is 2.54. The lowest BCUT2D eigenvalue weighted by Gasteiger charge is -2.28. The molecule has 1 aliphatic heterocycles. The van der Waals surface area contributed by atoms with Gasteiger partial charge < -0.3 is 5.41 Å². The van der Waals surface area contributed by atoms with Gasteiger partial charge in [-0.15, -0.1) is 0 Å². The third kappa shape index (κ3) is 2.85. The van der Waals surface area contributed by atoms with Gasteiger partial charge in [0, 0.05) is 23.3 Å². The molecule has 0 spiro atoms. The Hall–Kier alpha value is -0.920. The Balaban J connectivity index is 2.97. The summed E-state index contributed by atoms with van der Waals surface area (Å²) in [5.41, 5.74) is 1.94. The fourth-order valence-electron chi connectivity index (χ4n) is 2.57. The van der Waals surface area contributed by atoms with Crippen molar-refractivity contribution in [2.45, 2.75) is 47.6 Å². The van der Waals surface area contributed by atoms with Crippen LogP contribution in [0.15, 0.2) is 17.1 Å². The van der Waals surface area contributed by atoms with Crippen LogP contribution in [0.5, 0.6) is 0 Å². The second-order valence-electron chi connectivity index (χ2n) is 5.63. The minimum atomic E-state index is 0.267. The molecule has 4 atom stereocenters. The largest absolute Gasteiger partial charge is 0.305 e. The van der Waals surface area contributed by atoms with Crippen LogP contribution in [0, 0.1) is 29.1 Å². The zero-order chi connectivity index (χ0) is 13.2. The maximum atomic E-state index is 8.21. The van der Waals surface area contributed by atoms with Gasteiger partial charge in [-0.3, -0.25) is 4.99 Å². The van der Waals surface area contributed by atoms with Crippen LogP contribution in [0.1, 0.15) is 41.5 Å². The van der Waals surface area contributed by atoms with E-state index in [4.69, 9.17) is 10.4 Å². The van der Waals surface area contributed by atoms with E-state index in [0.717, 1.165) is 5.71 Å². The molecular weight excluding hydrogens is 208 g/mol. The quantitative estimate of drug-likeness (QED) is 0.715. The molecule has 0 saturated heterocycles. The van der Waals surface area contributed by atoms with E-state index < -0.39 is 0 Å². The molecule has 17 heavy (non-hydrogen) atoms. The van der Waals surface area contributed by atoms with Crippen molar-refractivity contribution >= 4 is 11.4 Å². The number of aliphatic imine (C=N–C) groups is 1. The van der Waals surface area contributed by atoms with Gasteiger partial charge in [-0.25, -0.2) is 0 Å². The van der Waals surface area contributed by atoms with Crippen molar-refractivity contribution in [3.63, 3.8) is 0 Å². The summed E-state index contributed by atoms with van der Waals surface area (Å²) in [5.74, 6) is 1.82. The maximum Gasteiger partial charge on any atom is 0.0616 e. The Bertz CT molecular complexity index is 339. The van der Waals surface area contributed by atoms with Crippen molar-refractivity contribution in [2.24, 2.45) is 28.7 Å². The highest BCUT2D eigenvalue weighted by atomic mass is 14.9. The molecule has 0 saturated carbocycles. The summed E-state index contributed by atoms with van der Waals surface area (Å²) < 4.78 is 0. The molecule has 0 aromatic heterocycles. The first-order valence-electron chi connectivity index (χ1n) is 6.65. The Kier molecular flexibility index (Phi) is 4.67. The van der Waals surface area contributed by atoms with Crippen LogP contribution in [0.25, 0.3) is 0 Å². The molecule has 4 unspecified atom stereocenters. The summed E-state index contributed by atoms with van der Waals surface area (Å²) >= 11 is 0. The molecule has 1 rings (SSSR count). The summed E-state index contributed by atoms with van der Waals surface area (Å²) in [6.07, 6.45) is 3.88. The van der Waals surface area contributed by atoms with Gasteiger partial charge in [0.05, 0.1) is 6.04 Å². The average molecular weight is 234 g/mol. The highest BCUT2D eigenvalue weighted by Gasteiger charge is 2.39. The summed E-state index contributed by atoms with van der Waals surface area (Å²) in [4.78, 5) is 4.82. The van der Waals surface area contributed by atoms with Crippen LogP contribution in [0.2, 0.25) is 0 Å². The lowest BCUT2D eigenvalue weighted by Crippen LogP contribution is -2.33. The van der Waals surface area contributed by atoms with Crippen molar-refractivity contribution in [2.75, 3.05) is 0 Å². The fourth-order valence-corrected chi connectivity index (χ4v) is 2.57. The van der Waals surface area contributed by atoms with Crippen molar-refractivity contribution in [1.29, 1.82) is 5.41 Å². The van der Waals surface area contributed by atoms with E-state index in [1.165, 1.54) is 5.71 Å². The monoisotopic (exact) mass is 234 g/mol. The van der Waals surface area contributed by atoms with Crippen molar-refractivity contribution in [3.8, 4) is 0 Å². The molecule has 1 heterocycles. The Labute approximate surface area is 106 Å². The van der Waals surface area contributed by atoms with Crippen LogP contribution < -0.4 is 0 Å². The molecule has 0 radical (unpaired) electrons. The molecule has 2 nitrogen and oxygen atoms in total. The minimum Gasteiger partial charge on any atom is -0.305 e. The maximum absolute atomic E-state index is 8.21. The van der Waals surface area contributed by atoms with Crippen LogP contribution in [-0.4, -0.2) is 17.5 Å². The Morgan fingerprint density at radius 1 is 1.35 bits per heavy atom. The number of hydrogen-bond donors (Lipinski definition) is 1. The van der Waals surface area contributed by atoms with Crippen LogP contribution >= 0.6 is 0 Å². The smallest absolute Gasteiger partial charge is 0.0616 e. The van der Waals surface area contributed by atoms with Crippen LogP contribution in [-0.2, 0) is 0 Å². The first-order valence-corrected chi connectivity index (χ1v) is 6.65. The van der Waals surface area contributed by atoms with Crippen LogP contribution in [0.4, 0.5) is 0 Å². The predicted molar refractivity (Wildman–Crippen MR) is 76.1 cm³/mol. The second kappa shape index (κ2) is 5.61. The summed E-state index contributed by atoms with van der Waals surface area (Å²) in [5, 5.41) is 8.21. The van der Waals surface area contributed by atoms with Crippen molar-refractivity contribution in [1.82, 2.24) is 0 Å². The number of nitrogens with one attached hydrogen (secondary N) is 1. The third-order valence-corrected chi connectivity index (χ3v) is 4.21. The van der Waals surface area contributed by atoms with Gasteiger partial charge in [0.15, 0.2) is 0 Å². The Morgan fingerprint density at radius 2 is 1.94 bits per heavy atom. The molecule has 0 aliphatic carbocycles. The fraction of sp³-hybridized carbons (Fsp3) is 0.733. The van der Waals surface area contributed by atoms with Gasteiger partial charge in [0.1, 0.15) is 0 Å². The predicted octanol–water partition coefficient (Wildman–Crippen LogP) is 3.97. The summed E-state index contributed by atoms with van der Waals surface area (Å²) in [7, 11) is 0. The standard InChI is InChI=1S/C15H26N2/c1-7-8-13(16)14-11(5)12(6)17-15(14)10(4)9(2)3/h7-11,14-16H,1-6H3. The molecule has 0 bridgehead atoms. The minimum absolute atomic E-state index is 0.267. The first-order chi connectivity index (χ1) is 7.90. The Morgan fingerprint density at radius 3 is 2.41 bits per heavy atom. The third-order valence-electron chi connectivity index (χ3n) is 4.21. The van der Waals surface area contributed by atoms with Gasteiger partial charge in [-0.1, -0.05) is 33.8 Å².